The standard InChI is InChI=1S/C39H75O10P/c1-3-5-7-9-11-13-15-17-18-19-21-23-25-27-29-31-39(43)49-37(35-48-50(44,45)47-33-36(41)32-40)34-46-38(42)30-28-26-24-22-20-16-14-12-10-8-6-4-2/h13,15,36-37,40-41H,3-12,14,16-35H2,1-2H3,(H,44,45)/b15-13-/t36-,37+/m0/s1. The zero-order valence-electron chi connectivity index (χ0n) is 31.9. The lowest BCUT2D eigenvalue weighted by molar-refractivity contribution is -0.161. The van der Waals surface area contributed by atoms with E-state index >= 15 is 0 Å². The van der Waals surface area contributed by atoms with Crippen LogP contribution in [0.5, 0.6) is 0 Å². The van der Waals surface area contributed by atoms with E-state index in [2.05, 4.69) is 30.5 Å². The molecule has 0 heterocycles. The van der Waals surface area contributed by atoms with Gasteiger partial charge in [-0.15, -0.1) is 0 Å². The molecule has 0 rings (SSSR count). The van der Waals surface area contributed by atoms with E-state index in [9.17, 15) is 24.2 Å². The van der Waals surface area contributed by atoms with Gasteiger partial charge < -0.3 is 24.6 Å². The number of carbonyl (C=O) groups is 2. The van der Waals surface area contributed by atoms with Gasteiger partial charge in [-0.1, -0.05) is 148 Å². The molecule has 0 aromatic heterocycles. The van der Waals surface area contributed by atoms with Crippen molar-refractivity contribution in [2.24, 2.45) is 0 Å². The maximum Gasteiger partial charge on any atom is 0.472 e. The van der Waals surface area contributed by atoms with Gasteiger partial charge in [0.15, 0.2) is 6.10 Å². The Kier molecular flexibility index (Phi) is 35.2. The highest BCUT2D eigenvalue weighted by atomic mass is 31.2. The number of phosphoric acid groups is 1. The van der Waals surface area contributed by atoms with E-state index in [1.54, 1.807) is 0 Å². The highest BCUT2D eigenvalue weighted by molar-refractivity contribution is 7.47. The molecule has 0 bridgehead atoms. The van der Waals surface area contributed by atoms with Crippen LogP contribution in [-0.2, 0) is 32.7 Å². The Balaban J connectivity index is 4.33. The van der Waals surface area contributed by atoms with E-state index in [1.165, 1.54) is 103 Å². The number of carbonyl (C=O) groups excluding carboxylic acids is 2. The van der Waals surface area contributed by atoms with Gasteiger partial charge in [-0.05, 0) is 38.5 Å². The monoisotopic (exact) mass is 735 g/mol. The second kappa shape index (κ2) is 36.1. The fourth-order valence-corrected chi connectivity index (χ4v) is 6.31. The van der Waals surface area contributed by atoms with Crippen molar-refractivity contribution < 1.29 is 47.8 Å². The predicted molar refractivity (Wildman–Crippen MR) is 201 cm³/mol. The molecule has 0 aliphatic rings. The van der Waals surface area contributed by atoms with Crippen LogP contribution in [0.3, 0.4) is 0 Å². The topological polar surface area (TPSA) is 149 Å². The molecular weight excluding hydrogens is 659 g/mol. The first-order valence-corrected chi connectivity index (χ1v) is 21.6. The third kappa shape index (κ3) is 35.1. The number of hydrogen-bond donors (Lipinski definition) is 3. The van der Waals surface area contributed by atoms with Crippen LogP contribution in [0.2, 0.25) is 0 Å². The number of aliphatic hydroxyl groups excluding tert-OH is 2. The van der Waals surface area contributed by atoms with Gasteiger partial charge in [0.1, 0.15) is 12.7 Å². The number of rotatable bonds is 38. The van der Waals surface area contributed by atoms with Crippen molar-refractivity contribution in [2.45, 2.75) is 199 Å². The lowest BCUT2D eigenvalue weighted by Crippen LogP contribution is -2.29. The molecular formula is C39H75O10P. The molecule has 0 saturated carbocycles. The van der Waals surface area contributed by atoms with Crippen LogP contribution in [0.1, 0.15) is 187 Å². The van der Waals surface area contributed by atoms with Gasteiger partial charge in [-0.2, -0.15) is 0 Å². The van der Waals surface area contributed by atoms with Crippen molar-refractivity contribution in [1.29, 1.82) is 0 Å². The van der Waals surface area contributed by atoms with Crippen molar-refractivity contribution in [2.75, 3.05) is 26.4 Å². The number of aliphatic hydroxyl groups is 2. The Morgan fingerprint density at radius 2 is 0.980 bits per heavy atom. The van der Waals surface area contributed by atoms with Crippen molar-refractivity contribution in [3.05, 3.63) is 12.2 Å². The van der Waals surface area contributed by atoms with Gasteiger partial charge in [-0.3, -0.25) is 18.6 Å². The number of hydrogen-bond acceptors (Lipinski definition) is 9. The van der Waals surface area contributed by atoms with Crippen LogP contribution in [0.25, 0.3) is 0 Å². The van der Waals surface area contributed by atoms with E-state index in [1.807, 2.05) is 0 Å². The predicted octanol–water partition coefficient (Wildman–Crippen LogP) is 10.1. The van der Waals surface area contributed by atoms with Crippen molar-refractivity contribution >= 4 is 19.8 Å². The number of esters is 2. The highest BCUT2D eigenvalue weighted by Gasteiger charge is 2.27. The first-order chi connectivity index (χ1) is 24.2. The molecule has 0 aromatic carbocycles. The first kappa shape index (κ1) is 48.7. The summed E-state index contributed by atoms with van der Waals surface area (Å²) in [5, 5.41) is 18.3. The van der Waals surface area contributed by atoms with E-state index in [0.29, 0.717) is 12.8 Å². The van der Waals surface area contributed by atoms with Crippen LogP contribution >= 0.6 is 7.82 Å². The fourth-order valence-electron chi connectivity index (χ4n) is 5.52. The van der Waals surface area contributed by atoms with Crippen molar-refractivity contribution in [3.63, 3.8) is 0 Å². The van der Waals surface area contributed by atoms with Crippen LogP contribution in [0.4, 0.5) is 0 Å². The van der Waals surface area contributed by atoms with Crippen LogP contribution in [-0.4, -0.2) is 65.7 Å². The smallest absolute Gasteiger partial charge is 0.462 e. The minimum absolute atomic E-state index is 0.183. The van der Waals surface area contributed by atoms with E-state index in [-0.39, 0.29) is 19.4 Å². The summed E-state index contributed by atoms with van der Waals surface area (Å²) in [7, 11) is -4.61. The molecule has 3 N–H and O–H groups in total. The second-order valence-electron chi connectivity index (χ2n) is 13.7. The van der Waals surface area contributed by atoms with E-state index in [4.69, 9.17) is 19.1 Å². The Morgan fingerprint density at radius 1 is 0.580 bits per heavy atom. The number of ether oxygens (including phenoxy) is 2. The summed E-state index contributed by atoms with van der Waals surface area (Å²) in [5.41, 5.74) is 0. The molecule has 0 amide bonds. The Morgan fingerprint density at radius 3 is 1.46 bits per heavy atom. The number of phosphoric ester groups is 1. The summed E-state index contributed by atoms with van der Waals surface area (Å²) in [6.07, 6.45) is 31.7. The molecule has 0 radical (unpaired) electrons. The maximum atomic E-state index is 12.6. The molecule has 10 nitrogen and oxygen atoms in total. The first-order valence-electron chi connectivity index (χ1n) is 20.1. The van der Waals surface area contributed by atoms with Gasteiger partial charge in [0.2, 0.25) is 0 Å². The minimum atomic E-state index is -4.61. The Hall–Kier alpha value is -1.29. The molecule has 0 aliphatic carbocycles. The summed E-state index contributed by atoms with van der Waals surface area (Å²) < 4.78 is 32.6. The van der Waals surface area contributed by atoms with Crippen molar-refractivity contribution in [1.82, 2.24) is 0 Å². The normalized spacial score (nSPS) is 14.1. The quantitative estimate of drug-likeness (QED) is 0.0242. The fraction of sp³-hybridized carbons (Fsp3) is 0.897. The summed E-state index contributed by atoms with van der Waals surface area (Å²) >= 11 is 0. The molecule has 0 saturated heterocycles. The zero-order chi connectivity index (χ0) is 37.0. The highest BCUT2D eigenvalue weighted by Crippen LogP contribution is 2.43. The third-order valence-corrected chi connectivity index (χ3v) is 9.62. The molecule has 3 atom stereocenters. The van der Waals surface area contributed by atoms with Gasteiger partial charge in [0.25, 0.3) is 0 Å². The summed E-state index contributed by atoms with van der Waals surface area (Å²) in [5.74, 6) is -0.924. The summed E-state index contributed by atoms with van der Waals surface area (Å²) in [6.45, 7) is 2.36. The average molecular weight is 735 g/mol. The van der Waals surface area contributed by atoms with E-state index < -0.39 is 51.8 Å². The molecule has 1 unspecified atom stereocenters. The maximum absolute atomic E-state index is 12.6. The number of allylic oxidation sites excluding steroid dienone is 2. The van der Waals surface area contributed by atoms with Gasteiger partial charge in [0, 0.05) is 12.8 Å². The molecule has 296 valence electrons. The van der Waals surface area contributed by atoms with Crippen LogP contribution in [0.15, 0.2) is 12.2 Å². The van der Waals surface area contributed by atoms with Crippen molar-refractivity contribution in [3.8, 4) is 0 Å². The number of unbranched alkanes of at least 4 members (excludes halogenated alkanes) is 22. The second-order valence-corrected chi connectivity index (χ2v) is 15.1. The largest absolute Gasteiger partial charge is 0.472 e. The summed E-state index contributed by atoms with van der Waals surface area (Å²) in [4.78, 5) is 34.8. The molecule has 11 heteroatoms. The Labute approximate surface area is 305 Å². The van der Waals surface area contributed by atoms with Crippen LogP contribution in [0, 0.1) is 0 Å². The average Bonchev–Trinajstić information content (AvgIpc) is 3.10. The zero-order valence-corrected chi connectivity index (χ0v) is 32.8. The molecule has 0 spiro atoms. The molecule has 0 aromatic rings. The third-order valence-electron chi connectivity index (χ3n) is 8.67. The summed E-state index contributed by atoms with van der Waals surface area (Å²) in [6, 6.07) is 0. The Bertz CT molecular complexity index is 853. The van der Waals surface area contributed by atoms with Gasteiger partial charge >= 0.3 is 19.8 Å². The van der Waals surface area contributed by atoms with Gasteiger partial charge in [-0.25, -0.2) is 4.57 Å². The van der Waals surface area contributed by atoms with Gasteiger partial charge in [0.05, 0.1) is 19.8 Å². The molecule has 0 fully saturated rings. The lowest BCUT2D eigenvalue weighted by Gasteiger charge is -2.20. The molecule has 0 aliphatic heterocycles. The minimum Gasteiger partial charge on any atom is -0.462 e. The van der Waals surface area contributed by atoms with E-state index in [0.717, 1.165) is 44.9 Å². The lowest BCUT2D eigenvalue weighted by atomic mass is 10.0. The van der Waals surface area contributed by atoms with Crippen LogP contribution < -0.4 is 0 Å². The SMILES string of the molecule is CCCCCC/C=C\CCCCCCCCCC(=O)O[C@H](COC(=O)CCCCCCCCCCCCCC)COP(=O)(O)OC[C@@H](O)CO. The molecule has 50 heavy (non-hydrogen) atoms.